The van der Waals surface area contributed by atoms with Crippen LogP contribution in [0.4, 0.5) is 11.4 Å². The smallest absolute Gasteiger partial charge is 0.119 e. The zero-order chi connectivity index (χ0) is 16.9. The molecule has 0 amide bonds. The predicted molar refractivity (Wildman–Crippen MR) is 97.9 cm³/mol. The van der Waals surface area contributed by atoms with Crippen LogP contribution < -0.4 is 14.4 Å². The third-order valence-electron chi connectivity index (χ3n) is 5.71. The van der Waals surface area contributed by atoms with Gasteiger partial charge in [-0.3, -0.25) is 0 Å². The van der Waals surface area contributed by atoms with Crippen molar-refractivity contribution in [2.75, 3.05) is 19.1 Å². The zero-order valence-corrected chi connectivity index (χ0v) is 14.9. The molecule has 0 aromatic heterocycles. The second kappa shape index (κ2) is 5.44. The van der Waals surface area contributed by atoms with Crippen molar-refractivity contribution in [1.82, 2.24) is 0 Å². The van der Waals surface area contributed by atoms with Gasteiger partial charge in [-0.05, 0) is 66.8 Å². The van der Waals surface area contributed by atoms with E-state index in [9.17, 15) is 0 Å². The Labute approximate surface area is 144 Å². The summed E-state index contributed by atoms with van der Waals surface area (Å²) in [6.45, 7) is 4.59. The van der Waals surface area contributed by atoms with Crippen LogP contribution in [0.25, 0.3) is 0 Å². The topological polar surface area (TPSA) is 21.7 Å². The Kier molecular flexibility index (Phi) is 3.48. The molecule has 0 spiro atoms. The monoisotopic (exact) mass is 323 g/mol. The highest BCUT2D eigenvalue weighted by atomic mass is 16.5. The Bertz CT molecular complexity index is 720. The van der Waals surface area contributed by atoms with Crippen LogP contribution in [0.3, 0.4) is 0 Å². The van der Waals surface area contributed by atoms with Crippen molar-refractivity contribution < 1.29 is 9.47 Å². The van der Waals surface area contributed by atoms with Gasteiger partial charge in [-0.15, -0.1) is 0 Å². The first-order chi connectivity index (χ1) is 11.6. The standard InChI is InChI=1S/C21H25NO2/c1-21(2)17-12-15(23-3)8-10-19(17)22(14-6-5-7-14)20-11-9-16(24-4)13-18(20)21/h8-14H,5-7H2,1-4H3. The molecule has 0 saturated heterocycles. The number of ether oxygens (including phenoxy) is 2. The van der Waals surface area contributed by atoms with Gasteiger partial charge in [-0.1, -0.05) is 13.8 Å². The van der Waals surface area contributed by atoms with E-state index in [0.29, 0.717) is 6.04 Å². The Morgan fingerprint density at radius 2 is 1.38 bits per heavy atom. The molecule has 1 aliphatic carbocycles. The number of benzene rings is 2. The molecule has 0 unspecified atom stereocenters. The number of fused-ring (bicyclic) bond motifs is 2. The first-order valence-corrected chi connectivity index (χ1v) is 8.72. The molecule has 1 aliphatic heterocycles. The molecule has 1 fully saturated rings. The SMILES string of the molecule is COc1ccc2c(c1)C(C)(C)c1cc(OC)ccc1N2C1CCC1. The van der Waals surface area contributed by atoms with Gasteiger partial charge in [0.1, 0.15) is 11.5 Å². The molecule has 2 aliphatic rings. The fourth-order valence-electron chi connectivity index (χ4n) is 4.02. The lowest BCUT2D eigenvalue weighted by Crippen LogP contribution is -2.42. The van der Waals surface area contributed by atoms with E-state index in [1.54, 1.807) is 14.2 Å². The maximum atomic E-state index is 5.50. The minimum absolute atomic E-state index is 0.0893. The highest BCUT2D eigenvalue weighted by Gasteiger charge is 2.40. The molecule has 0 atom stereocenters. The lowest BCUT2D eigenvalue weighted by molar-refractivity contribution is 0.398. The van der Waals surface area contributed by atoms with E-state index >= 15 is 0 Å². The fraction of sp³-hybridized carbons (Fsp3) is 0.429. The number of rotatable bonds is 3. The van der Waals surface area contributed by atoms with E-state index in [-0.39, 0.29) is 5.41 Å². The maximum absolute atomic E-state index is 5.50. The first kappa shape index (κ1) is 15.4. The Morgan fingerprint density at radius 3 is 1.75 bits per heavy atom. The number of hydrogen-bond acceptors (Lipinski definition) is 3. The van der Waals surface area contributed by atoms with Crippen LogP contribution in [0, 0.1) is 0 Å². The van der Waals surface area contributed by atoms with Crippen LogP contribution in [-0.4, -0.2) is 20.3 Å². The molecule has 1 heterocycles. The zero-order valence-electron chi connectivity index (χ0n) is 14.9. The van der Waals surface area contributed by atoms with E-state index in [1.165, 1.54) is 41.8 Å². The number of nitrogens with zero attached hydrogens (tertiary/aromatic N) is 1. The molecule has 0 radical (unpaired) electrons. The molecule has 2 aromatic carbocycles. The summed E-state index contributed by atoms with van der Waals surface area (Å²) in [4.78, 5) is 2.54. The summed E-state index contributed by atoms with van der Waals surface area (Å²) in [5.74, 6) is 1.84. The van der Waals surface area contributed by atoms with Crippen molar-refractivity contribution in [3.05, 3.63) is 47.5 Å². The summed E-state index contributed by atoms with van der Waals surface area (Å²) in [7, 11) is 3.47. The number of hydrogen-bond donors (Lipinski definition) is 0. The quantitative estimate of drug-likeness (QED) is 0.790. The first-order valence-electron chi connectivity index (χ1n) is 8.72. The normalized spacial score (nSPS) is 18.4. The van der Waals surface area contributed by atoms with Crippen molar-refractivity contribution in [2.45, 2.75) is 44.6 Å². The molecular formula is C21H25NO2. The molecule has 0 bridgehead atoms. The lowest BCUT2D eigenvalue weighted by atomic mass is 9.72. The van der Waals surface area contributed by atoms with E-state index < -0.39 is 0 Å². The second-order valence-corrected chi connectivity index (χ2v) is 7.35. The van der Waals surface area contributed by atoms with Gasteiger partial charge in [0.05, 0.1) is 14.2 Å². The van der Waals surface area contributed by atoms with Crippen LogP contribution in [0.15, 0.2) is 36.4 Å². The van der Waals surface area contributed by atoms with E-state index in [4.69, 9.17) is 9.47 Å². The summed E-state index contributed by atoms with van der Waals surface area (Å²) in [6, 6.07) is 13.6. The second-order valence-electron chi connectivity index (χ2n) is 7.35. The summed E-state index contributed by atoms with van der Waals surface area (Å²) in [6.07, 6.45) is 3.84. The molecule has 4 rings (SSSR count). The number of methoxy groups -OCH3 is 2. The minimum Gasteiger partial charge on any atom is -0.497 e. The maximum Gasteiger partial charge on any atom is 0.119 e. The average molecular weight is 323 g/mol. The molecular weight excluding hydrogens is 298 g/mol. The van der Waals surface area contributed by atoms with Gasteiger partial charge in [0, 0.05) is 22.8 Å². The van der Waals surface area contributed by atoms with Gasteiger partial charge in [0.25, 0.3) is 0 Å². The van der Waals surface area contributed by atoms with Crippen LogP contribution in [0.1, 0.15) is 44.2 Å². The van der Waals surface area contributed by atoms with Crippen LogP contribution >= 0.6 is 0 Å². The van der Waals surface area contributed by atoms with E-state index in [2.05, 4.69) is 55.1 Å². The van der Waals surface area contributed by atoms with Crippen LogP contribution in [0.5, 0.6) is 11.5 Å². The third-order valence-corrected chi connectivity index (χ3v) is 5.71. The molecule has 3 nitrogen and oxygen atoms in total. The van der Waals surface area contributed by atoms with Crippen molar-refractivity contribution in [3.8, 4) is 11.5 Å². The molecule has 1 saturated carbocycles. The minimum atomic E-state index is -0.0893. The Hall–Kier alpha value is -2.16. The van der Waals surface area contributed by atoms with Crippen molar-refractivity contribution >= 4 is 11.4 Å². The van der Waals surface area contributed by atoms with Gasteiger partial charge in [0.2, 0.25) is 0 Å². The number of anilines is 2. The molecule has 126 valence electrons. The average Bonchev–Trinajstić information content (AvgIpc) is 2.56. The van der Waals surface area contributed by atoms with Gasteiger partial charge in [-0.2, -0.15) is 0 Å². The summed E-state index contributed by atoms with van der Waals surface area (Å²) < 4.78 is 11.0. The van der Waals surface area contributed by atoms with Crippen LogP contribution in [0.2, 0.25) is 0 Å². The highest BCUT2D eigenvalue weighted by molar-refractivity contribution is 5.80. The van der Waals surface area contributed by atoms with Gasteiger partial charge < -0.3 is 14.4 Å². The summed E-state index contributed by atoms with van der Waals surface area (Å²) in [5.41, 5.74) is 5.21. The van der Waals surface area contributed by atoms with Gasteiger partial charge >= 0.3 is 0 Å². The highest BCUT2D eigenvalue weighted by Crippen LogP contribution is 2.53. The van der Waals surface area contributed by atoms with E-state index in [0.717, 1.165) is 11.5 Å². The summed E-state index contributed by atoms with van der Waals surface area (Å²) in [5, 5.41) is 0. The third kappa shape index (κ3) is 2.10. The van der Waals surface area contributed by atoms with Crippen molar-refractivity contribution in [1.29, 1.82) is 0 Å². The lowest BCUT2D eigenvalue weighted by Gasteiger charge is -2.48. The molecule has 24 heavy (non-hydrogen) atoms. The van der Waals surface area contributed by atoms with Crippen molar-refractivity contribution in [3.63, 3.8) is 0 Å². The fourth-order valence-corrected chi connectivity index (χ4v) is 4.02. The van der Waals surface area contributed by atoms with Crippen molar-refractivity contribution in [2.24, 2.45) is 0 Å². The van der Waals surface area contributed by atoms with E-state index in [1.807, 2.05) is 0 Å². The van der Waals surface area contributed by atoms with Gasteiger partial charge in [-0.25, -0.2) is 0 Å². The molecule has 2 aromatic rings. The summed E-state index contributed by atoms with van der Waals surface area (Å²) >= 11 is 0. The predicted octanol–water partition coefficient (Wildman–Crippen LogP) is 5.03. The van der Waals surface area contributed by atoms with Crippen LogP contribution in [-0.2, 0) is 5.41 Å². The Balaban J connectivity index is 1.96. The molecule has 0 N–H and O–H groups in total. The van der Waals surface area contributed by atoms with Gasteiger partial charge in [0.15, 0.2) is 0 Å². The largest absolute Gasteiger partial charge is 0.497 e. The molecule has 3 heteroatoms. The Morgan fingerprint density at radius 1 is 0.875 bits per heavy atom.